The lowest BCUT2D eigenvalue weighted by Crippen LogP contribution is -2.99. The maximum atomic E-state index is 6.63. The predicted octanol–water partition coefficient (Wildman–Crippen LogP) is -2.20. The van der Waals surface area contributed by atoms with Crippen LogP contribution in [0.25, 0.3) is 0 Å². The van der Waals surface area contributed by atoms with Gasteiger partial charge in [0, 0.05) is 0 Å². The Morgan fingerprint density at radius 2 is 0.636 bits per heavy atom. The lowest BCUT2D eigenvalue weighted by atomic mass is 10.2. The Labute approximate surface area is 200 Å². The summed E-state index contributed by atoms with van der Waals surface area (Å²) in [5.74, 6) is -3.49. The van der Waals surface area contributed by atoms with Gasteiger partial charge in [0.25, 0.3) is 0 Å². The summed E-state index contributed by atoms with van der Waals surface area (Å²) in [5.41, 5.74) is 36.6. The summed E-state index contributed by atoms with van der Waals surface area (Å²) in [6.45, 7) is 4.32. The average Bonchev–Trinajstić information content (AvgIpc) is 2.74. The number of hydrogen-bond acceptors (Lipinski definition) is 12. The molecule has 0 aromatic carbocycles. The molecule has 0 aromatic rings. The molecule has 33 heavy (non-hydrogen) atoms. The Hall–Kier alpha value is -0.480. The maximum absolute atomic E-state index is 6.63. The first kappa shape index (κ1) is 30.6. The predicted molar refractivity (Wildman–Crippen MR) is 137 cm³/mol. The molecule has 18 N–H and O–H groups in total. The van der Waals surface area contributed by atoms with Crippen LogP contribution in [0.2, 0.25) is 0 Å². The van der Waals surface area contributed by atoms with Crippen LogP contribution in [-0.2, 0) is 0 Å². The third kappa shape index (κ3) is 13.9. The van der Waals surface area contributed by atoms with E-state index in [9.17, 15) is 0 Å². The molecule has 1 rings (SSSR count). The van der Waals surface area contributed by atoms with Gasteiger partial charge in [-0.15, -0.1) is 0 Å². The maximum Gasteiger partial charge on any atom is 0.186 e. The molecule has 0 radical (unpaired) electrons. The van der Waals surface area contributed by atoms with Crippen molar-refractivity contribution in [3.05, 3.63) is 0 Å². The molecular formula is C21H54N12. The largest absolute Gasteiger partial charge is 0.330 e. The van der Waals surface area contributed by atoms with Gasteiger partial charge in [0.05, 0.1) is 0 Å². The van der Waals surface area contributed by atoms with E-state index < -0.39 is 17.7 Å². The molecule has 12 heteroatoms. The number of hydrogen-bond donors (Lipinski definition) is 12. The first-order valence-electron chi connectivity index (χ1n) is 12.9. The highest BCUT2D eigenvalue weighted by Crippen LogP contribution is 2.08. The third-order valence-corrected chi connectivity index (χ3v) is 5.79. The van der Waals surface area contributed by atoms with Crippen LogP contribution in [0.4, 0.5) is 0 Å². The molecule has 0 saturated carbocycles. The van der Waals surface area contributed by atoms with E-state index in [1.807, 2.05) is 0 Å². The number of nitrogens with two attached hydrogens (primary N) is 6. The highest BCUT2D eigenvalue weighted by atomic mass is 15.7. The molecule has 0 aromatic heterocycles. The Balaban J connectivity index is 2.64. The third-order valence-electron chi connectivity index (χ3n) is 5.79. The van der Waals surface area contributed by atoms with E-state index in [0.717, 1.165) is 96.7 Å². The van der Waals surface area contributed by atoms with Gasteiger partial charge in [-0.05, 0) is 77.8 Å². The van der Waals surface area contributed by atoms with Gasteiger partial charge in [-0.3, -0.25) is 33.2 Å². The van der Waals surface area contributed by atoms with Crippen LogP contribution >= 0.6 is 0 Å². The summed E-state index contributed by atoms with van der Waals surface area (Å²) in [7, 11) is 0. The summed E-state index contributed by atoms with van der Waals surface area (Å²) < 4.78 is 0. The molecule has 0 amide bonds. The summed E-state index contributed by atoms with van der Waals surface area (Å²) in [4.78, 5) is 0. The van der Waals surface area contributed by atoms with E-state index in [4.69, 9.17) is 34.4 Å². The SMILES string of the molecule is NCCCCCCNC1(N)NC(N)(NCCCCCCN)NC(N)(NCCCCCCN)N1. The molecule has 1 heterocycles. The van der Waals surface area contributed by atoms with Gasteiger partial charge < -0.3 is 17.2 Å². The van der Waals surface area contributed by atoms with Gasteiger partial charge in [-0.1, -0.05) is 38.5 Å². The highest BCUT2D eigenvalue weighted by Gasteiger charge is 2.48. The van der Waals surface area contributed by atoms with Crippen LogP contribution in [0.1, 0.15) is 77.0 Å². The van der Waals surface area contributed by atoms with Gasteiger partial charge in [0.1, 0.15) is 0 Å². The molecular weight excluding hydrogens is 420 g/mol. The minimum Gasteiger partial charge on any atom is -0.330 e. The van der Waals surface area contributed by atoms with Crippen LogP contribution in [-0.4, -0.2) is 57.0 Å². The second-order valence-corrected chi connectivity index (χ2v) is 9.19. The fourth-order valence-electron chi connectivity index (χ4n) is 4.02. The summed E-state index contributed by atoms with van der Waals surface area (Å²) in [6.07, 6.45) is 12.6. The van der Waals surface area contributed by atoms with Crippen LogP contribution in [0.3, 0.4) is 0 Å². The Morgan fingerprint density at radius 3 is 0.879 bits per heavy atom. The van der Waals surface area contributed by atoms with Crippen LogP contribution in [0, 0.1) is 0 Å². The zero-order chi connectivity index (χ0) is 24.5. The van der Waals surface area contributed by atoms with Crippen molar-refractivity contribution >= 4 is 0 Å². The normalized spacial score (nSPS) is 27.8. The van der Waals surface area contributed by atoms with E-state index in [1.54, 1.807) is 0 Å². The number of unbranched alkanes of at least 4 members (excludes halogenated alkanes) is 9. The molecule has 0 spiro atoms. The quantitative estimate of drug-likeness (QED) is 0.0628. The molecule has 0 unspecified atom stereocenters. The monoisotopic (exact) mass is 474 g/mol. The smallest absolute Gasteiger partial charge is 0.186 e. The topological polar surface area (TPSA) is 228 Å². The lowest BCUT2D eigenvalue weighted by Gasteiger charge is -2.54. The fraction of sp³-hybridized carbons (Fsp3) is 1.00. The van der Waals surface area contributed by atoms with Gasteiger partial charge in [0.15, 0.2) is 17.7 Å². The molecule has 1 fully saturated rings. The second-order valence-electron chi connectivity index (χ2n) is 9.19. The molecule has 1 aliphatic rings. The van der Waals surface area contributed by atoms with Gasteiger partial charge in [-0.25, -0.2) is 16.0 Å². The zero-order valence-electron chi connectivity index (χ0n) is 20.7. The number of rotatable bonds is 21. The first-order valence-corrected chi connectivity index (χ1v) is 12.9. The molecule has 0 aliphatic carbocycles. The van der Waals surface area contributed by atoms with E-state index in [0.29, 0.717) is 19.6 Å². The lowest BCUT2D eigenvalue weighted by molar-refractivity contribution is -0.0516. The molecule has 0 atom stereocenters. The average molecular weight is 475 g/mol. The van der Waals surface area contributed by atoms with Gasteiger partial charge in [-0.2, -0.15) is 0 Å². The zero-order valence-corrected chi connectivity index (χ0v) is 20.7. The molecule has 12 nitrogen and oxygen atoms in total. The van der Waals surface area contributed by atoms with Crippen molar-refractivity contribution in [3.8, 4) is 0 Å². The molecule has 1 saturated heterocycles. The Kier molecular flexibility index (Phi) is 15.8. The van der Waals surface area contributed by atoms with Crippen molar-refractivity contribution in [3.63, 3.8) is 0 Å². The van der Waals surface area contributed by atoms with Crippen LogP contribution < -0.4 is 66.3 Å². The van der Waals surface area contributed by atoms with Crippen LogP contribution in [0.5, 0.6) is 0 Å². The second kappa shape index (κ2) is 17.0. The highest BCUT2D eigenvalue weighted by molar-refractivity contribution is 4.99. The molecule has 0 bridgehead atoms. The van der Waals surface area contributed by atoms with Crippen molar-refractivity contribution in [1.82, 2.24) is 31.9 Å². The Morgan fingerprint density at radius 1 is 0.394 bits per heavy atom. The minimum atomic E-state index is -1.16. The van der Waals surface area contributed by atoms with Crippen molar-refractivity contribution in [2.24, 2.45) is 34.4 Å². The summed E-state index contributed by atoms with van der Waals surface area (Å²) in [6, 6.07) is 0. The standard InChI is InChI=1S/C21H54N12/c22-13-7-1-4-10-16-28-19(25)31-20(26,29-17-11-5-2-8-14-23)33-21(27,32-19)30-18-12-6-3-9-15-24/h28-33H,1-18,22-27H2. The van der Waals surface area contributed by atoms with E-state index in [-0.39, 0.29) is 0 Å². The Bertz CT molecular complexity index is 406. The van der Waals surface area contributed by atoms with Crippen molar-refractivity contribution < 1.29 is 0 Å². The van der Waals surface area contributed by atoms with Gasteiger partial charge in [0.2, 0.25) is 0 Å². The van der Waals surface area contributed by atoms with Crippen LogP contribution in [0.15, 0.2) is 0 Å². The van der Waals surface area contributed by atoms with Crippen molar-refractivity contribution in [2.75, 3.05) is 39.3 Å². The molecule has 1 aliphatic heterocycles. The summed E-state index contributed by atoms with van der Waals surface area (Å²) in [5, 5.41) is 19.7. The van der Waals surface area contributed by atoms with E-state index >= 15 is 0 Å². The molecule has 198 valence electrons. The fourth-order valence-corrected chi connectivity index (χ4v) is 4.02. The summed E-state index contributed by atoms with van der Waals surface area (Å²) >= 11 is 0. The number of nitrogens with one attached hydrogen (secondary N) is 6. The van der Waals surface area contributed by atoms with Gasteiger partial charge >= 0.3 is 0 Å². The minimum absolute atomic E-state index is 0.714. The van der Waals surface area contributed by atoms with E-state index in [1.165, 1.54) is 0 Å². The van der Waals surface area contributed by atoms with Crippen molar-refractivity contribution in [1.29, 1.82) is 0 Å². The van der Waals surface area contributed by atoms with E-state index in [2.05, 4.69) is 31.9 Å². The first-order chi connectivity index (χ1) is 15.8. The van der Waals surface area contributed by atoms with Crippen molar-refractivity contribution in [2.45, 2.75) is 94.8 Å².